The Bertz CT molecular complexity index is 457. The second-order valence-corrected chi connectivity index (χ2v) is 3.92. The molecule has 0 aromatic carbocycles. The van der Waals surface area contributed by atoms with Crippen molar-refractivity contribution in [2.45, 2.75) is 32.1 Å². The minimum Gasteiger partial charge on any atom is -0.347 e. The van der Waals surface area contributed by atoms with Gasteiger partial charge in [-0.15, -0.1) is 12.3 Å². The van der Waals surface area contributed by atoms with Crippen molar-refractivity contribution >= 4 is 5.91 Å². The van der Waals surface area contributed by atoms with Crippen LogP contribution in [-0.4, -0.2) is 22.7 Å². The van der Waals surface area contributed by atoms with Crippen molar-refractivity contribution < 1.29 is 18.0 Å². The molecule has 1 unspecified atom stereocenters. The van der Waals surface area contributed by atoms with Crippen molar-refractivity contribution in [1.29, 1.82) is 0 Å². The van der Waals surface area contributed by atoms with Crippen LogP contribution in [0.5, 0.6) is 0 Å². The largest absolute Gasteiger partial charge is 0.406 e. The maximum absolute atomic E-state index is 12.3. The van der Waals surface area contributed by atoms with E-state index in [1.54, 1.807) is 6.92 Å². The molecule has 1 aromatic rings. The maximum Gasteiger partial charge on any atom is 0.406 e. The lowest BCUT2D eigenvalue weighted by Gasteiger charge is -2.14. The number of nitrogens with zero attached hydrogens (tertiary/aromatic N) is 1. The smallest absolute Gasteiger partial charge is 0.347 e. The van der Waals surface area contributed by atoms with E-state index in [1.165, 1.54) is 18.3 Å². The number of carbonyl (C=O) groups excluding carboxylic acids is 1. The van der Waals surface area contributed by atoms with Gasteiger partial charge in [-0.25, -0.2) is 0 Å². The molecule has 0 saturated heterocycles. The van der Waals surface area contributed by atoms with E-state index >= 15 is 0 Å². The number of carbonyl (C=O) groups is 1. The van der Waals surface area contributed by atoms with Gasteiger partial charge in [-0.1, -0.05) is 0 Å². The van der Waals surface area contributed by atoms with Crippen molar-refractivity contribution in [2.24, 2.45) is 0 Å². The first kappa shape index (κ1) is 14.2. The van der Waals surface area contributed by atoms with E-state index in [2.05, 4.69) is 11.2 Å². The van der Waals surface area contributed by atoms with E-state index in [0.717, 1.165) is 4.57 Å². The van der Waals surface area contributed by atoms with E-state index in [1.807, 2.05) is 0 Å². The summed E-state index contributed by atoms with van der Waals surface area (Å²) >= 11 is 0. The minimum atomic E-state index is -4.36. The number of amides is 1. The van der Waals surface area contributed by atoms with Crippen LogP contribution in [0.4, 0.5) is 13.2 Å². The van der Waals surface area contributed by atoms with Crippen LogP contribution in [0.25, 0.3) is 0 Å². The molecule has 0 saturated carbocycles. The predicted octanol–water partition coefficient (Wildman–Crippen LogP) is 2.19. The highest BCUT2D eigenvalue weighted by Crippen LogP contribution is 2.19. The number of hydrogen-bond acceptors (Lipinski definition) is 1. The van der Waals surface area contributed by atoms with E-state index in [4.69, 9.17) is 6.42 Å². The summed E-state index contributed by atoms with van der Waals surface area (Å²) in [7, 11) is 0. The highest BCUT2D eigenvalue weighted by atomic mass is 19.4. The Morgan fingerprint density at radius 1 is 1.61 bits per heavy atom. The van der Waals surface area contributed by atoms with Crippen LogP contribution in [0.15, 0.2) is 18.3 Å². The average molecular weight is 258 g/mol. The van der Waals surface area contributed by atoms with Gasteiger partial charge in [0.25, 0.3) is 5.91 Å². The summed E-state index contributed by atoms with van der Waals surface area (Å²) in [4.78, 5) is 11.7. The lowest BCUT2D eigenvalue weighted by molar-refractivity contribution is -0.140. The van der Waals surface area contributed by atoms with Crippen molar-refractivity contribution in [2.75, 3.05) is 0 Å². The fourth-order valence-electron chi connectivity index (χ4n) is 1.48. The molecular formula is C12H13F3N2O. The zero-order chi connectivity index (χ0) is 13.8. The number of halogens is 3. The van der Waals surface area contributed by atoms with Crippen LogP contribution >= 0.6 is 0 Å². The van der Waals surface area contributed by atoms with Gasteiger partial charge in [0.05, 0.1) is 0 Å². The number of alkyl halides is 3. The minimum absolute atomic E-state index is 0.0313. The van der Waals surface area contributed by atoms with Gasteiger partial charge in [-0.3, -0.25) is 4.79 Å². The molecule has 0 spiro atoms. The van der Waals surface area contributed by atoms with E-state index in [0.29, 0.717) is 6.42 Å². The Balaban J connectivity index is 2.75. The number of nitrogens with one attached hydrogen (secondary N) is 1. The Kier molecular flexibility index (Phi) is 4.43. The highest BCUT2D eigenvalue weighted by Gasteiger charge is 2.29. The second kappa shape index (κ2) is 5.63. The quantitative estimate of drug-likeness (QED) is 0.825. The van der Waals surface area contributed by atoms with E-state index in [-0.39, 0.29) is 11.7 Å². The molecule has 3 nitrogen and oxygen atoms in total. The third-order valence-electron chi connectivity index (χ3n) is 2.21. The molecule has 6 heteroatoms. The molecule has 98 valence electrons. The van der Waals surface area contributed by atoms with Gasteiger partial charge in [-0.05, 0) is 19.1 Å². The zero-order valence-corrected chi connectivity index (χ0v) is 9.79. The molecule has 1 N–H and O–H groups in total. The number of rotatable bonds is 4. The summed E-state index contributed by atoms with van der Waals surface area (Å²) in [6.45, 7) is 0.501. The molecule has 0 aliphatic rings. The lowest BCUT2D eigenvalue weighted by atomic mass is 10.2. The van der Waals surface area contributed by atoms with Crippen LogP contribution in [0.2, 0.25) is 0 Å². The number of aromatic nitrogens is 1. The maximum atomic E-state index is 12.3. The third kappa shape index (κ3) is 4.17. The summed E-state index contributed by atoms with van der Waals surface area (Å²) in [6.07, 6.45) is 2.26. The first-order valence-electron chi connectivity index (χ1n) is 5.29. The van der Waals surface area contributed by atoms with Gasteiger partial charge in [0.2, 0.25) is 0 Å². The molecule has 0 fully saturated rings. The topological polar surface area (TPSA) is 34.0 Å². The average Bonchev–Trinajstić information content (AvgIpc) is 2.63. The number of terminal acetylenes is 1. The Morgan fingerprint density at radius 3 is 2.83 bits per heavy atom. The highest BCUT2D eigenvalue weighted by molar-refractivity contribution is 5.92. The van der Waals surface area contributed by atoms with Gasteiger partial charge in [0.15, 0.2) is 0 Å². The van der Waals surface area contributed by atoms with Gasteiger partial charge in [0.1, 0.15) is 12.2 Å². The van der Waals surface area contributed by atoms with Crippen LogP contribution in [0.1, 0.15) is 23.8 Å². The van der Waals surface area contributed by atoms with E-state index < -0.39 is 18.6 Å². The first-order chi connectivity index (χ1) is 8.33. The molecule has 1 amide bonds. The van der Waals surface area contributed by atoms with Crippen molar-refractivity contribution in [3.8, 4) is 12.3 Å². The van der Waals surface area contributed by atoms with Crippen molar-refractivity contribution in [1.82, 2.24) is 9.88 Å². The molecule has 18 heavy (non-hydrogen) atoms. The van der Waals surface area contributed by atoms with Crippen LogP contribution in [0.3, 0.4) is 0 Å². The van der Waals surface area contributed by atoms with Crippen molar-refractivity contribution in [3.63, 3.8) is 0 Å². The predicted molar refractivity (Wildman–Crippen MR) is 60.9 cm³/mol. The SMILES string of the molecule is C#CCC(C)NC(=O)c1cccn1CC(F)(F)F. The second-order valence-electron chi connectivity index (χ2n) is 3.92. The lowest BCUT2D eigenvalue weighted by Crippen LogP contribution is -2.34. The molecule has 1 rings (SSSR count). The normalized spacial score (nSPS) is 12.8. The molecular weight excluding hydrogens is 245 g/mol. The summed E-state index contributed by atoms with van der Waals surface area (Å²) in [5.41, 5.74) is -0.0313. The molecule has 1 atom stereocenters. The monoisotopic (exact) mass is 258 g/mol. The fourth-order valence-corrected chi connectivity index (χ4v) is 1.48. The molecule has 1 heterocycles. The van der Waals surface area contributed by atoms with Gasteiger partial charge in [-0.2, -0.15) is 13.2 Å². The van der Waals surface area contributed by atoms with Crippen LogP contribution < -0.4 is 5.32 Å². The van der Waals surface area contributed by atoms with E-state index in [9.17, 15) is 18.0 Å². The van der Waals surface area contributed by atoms with Gasteiger partial charge < -0.3 is 9.88 Å². The third-order valence-corrected chi connectivity index (χ3v) is 2.21. The summed E-state index contributed by atoms with van der Waals surface area (Å²) < 4.78 is 37.7. The fraction of sp³-hybridized carbons (Fsp3) is 0.417. The van der Waals surface area contributed by atoms with Gasteiger partial charge in [0, 0.05) is 18.7 Å². The van der Waals surface area contributed by atoms with Crippen molar-refractivity contribution in [3.05, 3.63) is 24.0 Å². The standard InChI is InChI=1S/C12H13F3N2O/c1-3-5-9(2)16-11(18)10-6-4-7-17(10)8-12(13,14)15/h1,4,6-7,9H,5,8H2,2H3,(H,16,18). The molecule has 0 aliphatic carbocycles. The Morgan fingerprint density at radius 2 is 2.28 bits per heavy atom. The molecule has 0 bridgehead atoms. The van der Waals surface area contributed by atoms with Crippen LogP contribution in [-0.2, 0) is 6.54 Å². The Labute approximate surface area is 103 Å². The number of hydrogen-bond donors (Lipinski definition) is 1. The summed E-state index contributed by atoms with van der Waals surface area (Å²) in [6, 6.07) is 2.45. The first-order valence-corrected chi connectivity index (χ1v) is 5.29. The van der Waals surface area contributed by atoms with Crippen LogP contribution in [0, 0.1) is 12.3 Å². The summed E-state index contributed by atoms with van der Waals surface area (Å²) in [5.74, 6) is 1.81. The molecule has 0 radical (unpaired) electrons. The Hall–Kier alpha value is -1.90. The zero-order valence-electron chi connectivity index (χ0n) is 9.79. The van der Waals surface area contributed by atoms with Gasteiger partial charge >= 0.3 is 6.18 Å². The molecule has 1 aromatic heterocycles. The molecule has 0 aliphatic heterocycles. The summed E-state index contributed by atoms with van der Waals surface area (Å²) in [5, 5.41) is 2.54.